The number of fused-ring (bicyclic) bond motifs is 1. The third kappa shape index (κ3) is 3.06. The van der Waals surface area contributed by atoms with Gasteiger partial charge < -0.3 is 14.7 Å². The summed E-state index contributed by atoms with van der Waals surface area (Å²) in [5, 5.41) is 17.4. The molecule has 3 rings (SSSR count). The predicted molar refractivity (Wildman–Crippen MR) is 81.2 cm³/mol. The van der Waals surface area contributed by atoms with E-state index in [4.69, 9.17) is 4.52 Å². The van der Waals surface area contributed by atoms with Gasteiger partial charge in [-0.05, 0) is 24.6 Å². The van der Waals surface area contributed by atoms with Gasteiger partial charge >= 0.3 is 6.18 Å². The summed E-state index contributed by atoms with van der Waals surface area (Å²) >= 11 is 0. The summed E-state index contributed by atoms with van der Waals surface area (Å²) in [6.07, 6.45) is -4.65. The number of nitrogens with one attached hydrogen (secondary N) is 1. The molecular formula is C13H15F3N8O. The third-order valence-electron chi connectivity index (χ3n) is 3.61. The fraction of sp³-hybridized carbons (Fsp3) is 0.462. The average molecular weight is 356 g/mol. The number of rotatable bonds is 4. The summed E-state index contributed by atoms with van der Waals surface area (Å²) < 4.78 is 44.8. The van der Waals surface area contributed by atoms with Gasteiger partial charge in [-0.2, -0.15) is 22.7 Å². The lowest BCUT2D eigenvalue weighted by Gasteiger charge is -2.11. The van der Waals surface area contributed by atoms with E-state index in [0.29, 0.717) is 21.6 Å². The molecule has 9 nitrogen and oxygen atoms in total. The largest absolute Gasteiger partial charge is 0.453 e. The maximum atomic E-state index is 13.0. The second-order valence-corrected chi connectivity index (χ2v) is 5.59. The van der Waals surface area contributed by atoms with Crippen LogP contribution in [0.2, 0.25) is 0 Å². The van der Waals surface area contributed by atoms with Crippen molar-refractivity contribution in [2.45, 2.75) is 26.6 Å². The highest BCUT2D eigenvalue weighted by molar-refractivity contribution is 5.58. The van der Waals surface area contributed by atoms with Gasteiger partial charge in [-0.1, -0.05) is 0 Å². The van der Waals surface area contributed by atoms with Crippen LogP contribution in [0.15, 0.2) is 4.52 Å². The first-order valence-electron chi connectivity index (χ1n) is 7.22. The van der Waals surface area contributed by atoms with Crippen molar-refractivity contribution in [3.8, 4) is 0 Å². The number of hydrogen-bond acceptors (Lipinski definition) is 8. The third-order valence-corrected chi connectivity index (χ3v) is 3.61. The lowest BCUT2D eigenvalue weighted by Crippen LogP contribution is -2.15. The van der Waals surface area contributed by atoms with Crippen molar-refractivity contribution in [1.82, 2.24) is 30.0 Å². The first kappa shape index (κ1) is 16.9. The molecule has 0 aliphatic rings. The Morgan fingerprint density at radius 1 is 1.16 bits per heavy atom. The SMILES string of the molecule is Cc1c(NCc2nc(N(C)C)no2)nn2c(C(F)(F)F)nnc2c1C. The summed E-state index contributed by atoms with van der Waals surface area (Å²) in [7, 11) is 3.52. The van der Waals surface area contributed by atoms with Crippen molar-refractivity contribution in [1.29, 1.82) is 0 Å². The Morgan fingerprint density at radius 3 is 2.48 bits per heavy atom. The smallest absolute Gasteiger partial charge is 0.359 e. The molecule has 0 atom stereocenters. The second kappa shape index (κ2) is 5.86. The van der Waals surface area contributed by atoms with Crippen LogP contribution in [0, 0.1) is 13.8 Å². The molecule has 0 radical (unpaired) electrons. The summed E-state index contributed by atoms with van der Waals surface area (Å²) in [6, 6.07) is 0. The number of anilines is 2. The van der Waals surface area contributed by atoms with Gasteiger partial charge in [-0.25, -0.2) is 0 Å². The minimum atomic E-state index is -4.65. The fourth-order valence-electron chi connectivity index (χ4n) is 2.13. The molecule has 0 saturated heterocycles. The molecule has 1 N–H and O–H groups in total. The van der Waals surface area contributed by atoms with Gasteiger partial charge in [0.1, 0.15) is 0 Å². The van der Waals surface area contributed by atoms with Crippen molar-refractivity contribution >= 4 is 17.4 Å². The fourth-order valence-corrected chi connectivity index (χ4v) is 2.13. The van der Waals surface area contributed by atoms with E-state index in [1.807, 2.05) is 0 Å². The van der Waals surface area contributed by atoms with E-state index < -0.39 is 12.0 Å². The van der Waals surface area contributed by atoms with E-state index in [-0.39, 0.29) is 23.9 Å². The zero-order valence-corrected chi connectivity index (χ0v) is 13.9. The topological polar surface area (TPSA) is 97.3 Å². The number of alkyl halides is 3. The number of aryl methyl sites for hydroxylation is 1. The quantitative estimate of drug-likeness (QED) is 0.756. The Kier molecular flexibility index (Phi) is 3.97. The number of nitrogens with zero attached hydrogens (tertiary/aromatic N) is 7. The molecule has 0 amide bonds. The van der Waals surface area contributed by atoms with Crippen LogP contribution in [0.25, 0.3) is 5.65 Å². The Hall–Kier alpha value is -2.92. The first-order valence-corrected chi connectivity index (χ1v) is 7.22. The molecule has 0 bridgehead atoms. The summed E-state index contributed by atoms with van der Waals surface area (Å²) in [6.45, 7) is 3.50. The lowest BCUT2D eigenvalue weighted by molar-refractivity contribution is -0.146. The summed E-state index contributed by atoms with van der Waals surface area (Å²) in [4.78, 5) is 5.80. The highest BCUT2D eigenvalue weighted by Crippen LogP contribution is 2.29. The van der Waals surface area contributed by atoms with Crippen LogP contribution in [-0.4, -0.2) is 44.0 Å². The lowest BCUT2D eigenvalue weighted by atomic mass is 10.2. The second-order valence-electron chi connectivity index (χ2n) is 5.59. The van der Waals surface area contributed by atoms with Crippen LogP contribution in [0.5, 0.6) is 0 Å². The zero-order chi connectivity index (χ0) is 18.4. The van der Waals surface area contributed by atoms with Crippen molar-refractivity contribution in [3.63, 3.8) is 0 Å². The van der Waals surface area contributed by atoms with Crippen molar-refractivity contribution in [2.75, 3.05) is 24.3 Å². The number of aromatic nitrogens is 6. The molecule has 134 valence electrons. The van der Waals surface area contributed by atoms with Crippen molar-refractivity contribution < 1.29 is 17.7 Å². The highest BCUT2D eigenvalue weighted by atomic mass is 19.4. The van der Waals surface area contributed by atoms with Crippen LogP contribution in [-0.2, 0) is 12.7 Å². The minimum absolute atomic E-state index is 0.0584. The Labute approximate surface area is 139 Å². The van der Waals surface area contributed by atoms with E-state index in [1.54, 1.807) is 32.8 Å². The zero-order valence-electron chi connectivity index (χ0n) is 13.9. The predicted octanol–water partition coefficient (Wildman–Crippen LogP) is 1.82. The monoisotopic (exact) mass is 356 g/mol. The normalized spacial score (nSPS) is 12.0. The highest BCUT2D eigenvalue weighted by Gasteiger charge is 2.38. The molecule has 0 unspecified atom stereocenters. The van der Waals surface area contributed by atoms with Gasteiger partial charge in [-0.3, -0.25) is 0 Å². The maximum Gasteiger partial charge on any atom is 0.453 e. The molecule has 0 fully saturated rings. The van der Waals surface area contributed by atoms with E-state index >= 15 is 0 Å². The molecule has 12 heteroatoms. The molecule has 3 aromatic rings. The average Bonchev–Trinajstić information content (AvgIpc) is 3.15. The van der Waals surface area contributed by atoms with Gasteiger partial charge in [0.15, 0.2) is 11.5 Å². The number of hydrogen-bond donors (Lipinski definition) is 1. The van der Waals surface area contributed by atoms with Crippen LogP contribution in [0.3, 0.4) is 0 Å². The molecule has 3 aromatic heterocycles. The van der Waals surface area contributed by atoms with Gasteiger partial charge in [0, 0.05) is 19.7 Å². The maximum absolute atomic E-state index is 13.0. The Morgan fingerprint density at radius 2 is 1.88 bits per heavy atom. The molecule has 25 heavy (non-hydrogen) atoms. The van der Waals surface area contributed by atoms with Gasteiger partial charge in [-0.15, -0.1) is 15.3 Å². The molecule has 0 aliphatic heterocycles. The van der Waals surface area contributed by atoms with E-state index in [0.717, 1.165) is 0 Å². The van der Waals surface area contributed by atoms with Crippen LogP contribution in [0.4, 0.5) is 24.9 Å². The van der Waals surface area contributed by atoms with Crippen LogP contribution >= 0.6 is 0 Å². The minimum Gasteiger partial charge on any atom is -0.359 e. The van der Waals surface area contributed by atoms with Crippen LogP contribution in [0.1, 0.15) is 22.8 Å². The van der Waals surface area contributed by atoms with Crippen molar-refractivity contribution in [2.24, 2.45) is 0 Å². The van der Waals surface area contributed by atoms with Crippen molar-refractivity contribution in [3.05, 3.63) is 22.8 Å². The first-order chi connectivity index (χ1) is 11.7. The van der Waals surface area contributed by atoms with Gasteiger partial charge in [0.2, 0.25) is 5.89 Å². The molecule has 0 spiro atoms. The van der Waals surface area contributed by atoms with Gasteiger partial charge in [0.05, 0.1) is 6.54 Å². The summed E-state index contributed by atoms with van der Waals surface area (Å²) in [5.74, 6) is -0.255. The van der Waals surface area contributed by atoms with Crippen LogP contribution < -0.4 is 10.2 Å². The van der Waals surface area contributed by atoms with Gasteiger partial charge in [0.25, 0.3) is 11.8 Å². The molecular weight excluding hydrogens is 341 g/mol. The molecule has 0 aliphatic carbocycles. The number of halogens is 3. The molecule has 0 aromatic carbocycles. The van der Waals surface area contributed by atoms with E-state index in [2.05, 4.69) is 30.8 Å². The molecule has 3 heterocycles. The Balaban J connectivity index is 1.93. The van der Waals surface area contributed by atoms with E-state index in [9.17, 15) is 13.2 Å². The summed E-state index contributed by atoms with van der Waals surface area (Å²) in [5.41, 5.74) is 1.25. The molecule has 0 saturated carbocycles. The van der Waals surface area contributed by atoms with E-state index in [1.165, 1.54) is 0 Å². The Bertz CT molecular complexity index is 914. The standard InChI is InChI=1S/C13H15F3N8O/c1-6-7(2)10-19-20-11(13(14,15)16)24(10)21-9(6)17-5-8-18-12(22-25-8)23(3)4/h5H2,1-4H3,(H,17,21).